The van der Waals surface area contributed by atoms with Gasteiger partial charge in [-0.05, 0) is 16.5 Å². The minimum absolute atomic E-state index is 1.42. The molecule has 0 bridgehead atoms. The monoisotopic (exact) mass is 284 g/mol. The van der Waals surface area contributed by atoms with Gasteiger partial charge in [0.05, 0.1) is 0 Å². The van der Waals surface area contributed by atoms with Gasteiger partial charge in [0.2, 0.25) is 0 Å². The molecule has 0 radical (unpaired) electrons. The lowest BCUT2D eigenvalue weighted by Crippen LogP contribution is -2.52. The van der Waals surface area contributed by atoms with Crippen LogP contribution in [0.15, 0.2) is 60.7 Å². The van der Waals surface area contributed by atoms with Crippen LogP contribution in [-0.4, -0.2) is 16.5 Å². The maximum atomic E-state index is 5.36. The van der Waals surface area contributed by atoms with Crippen LogP contribution in [0.1, 0.15) is 0 Å². The standard InChI is InChI=1S/C16H22NSi2/c1-18(2,15-11-7-5-8-12-15)17-19(3,4)16-13-9-6-10-14-16/h5-14H,1-4H3/q-1. The van der Waals surface area contributed by atoms with E-state index >= 15 is 0 Å². The van der Waals surface area contributed by atoms with Gasteiger partial charge in [0, 0.05) is 0 Å². The van der Waals surface area contributed by atoms with E-state index in [1.54, 1.807) is 0 Å². The summed E-state index contributed by atoms with van der Waals surface area (Å²) in [6, 6.07) is 21.6. The third-order valence-corrected chi connectivity index (χ3v) is 11.5. The smallest absolute Gasteiger partial charge is 0.0311 e. The van der Waals surface area contributed by atoms with Crippen LogP contribution in [-0.2, 0) is 0 Å². The van der Waals surface area contributed by atoms with Crippen molar-refractivity contribution < 1.29 is 0 Å². The highest BCUT2D eigenvalue weighted by molar-refractivity contribution is 7.12. The van der Waals surface area contributed by atoms with E-state index in [0.29, 0.717) is 0 Å². The van der Waals surface area contributed by atoms with Crippen LogP contribution in [0, 0.1) is 0 Å². The van der Waals surface area contributed by atoms with Gasteiger partial charge in [-0.3, -0.25) is 0 Å². The lowest BCUT2D eigenvalue weighted by molar-refractivity contribution is 1.66. The van der Waals surface area contributed by atoms with E-state index in [1.165, 1.54) is 10.4 Å². The van der Waals surface area contributed by atoms with E-state index in [0.717, 1.165) is 0 Å². The van der Waals surface area contributed by atoms with Gasteiger partial charge < -0.3 is 4.65 Å². The molecule has 0 saturated carbocycles. The zero-order chi connectivity index (χ0) is 13.9. The van der Waals surface area contributed by atoms with E-state index in [1.807, 2.05) is 0 Å². The lowest BCUT2D eigenvalue weighted by atomic mass is 10.4. The summed E-state index contributed by atoms with van der Waals surface area (Å²) >= 11 is 0. The summed E-state index contributed by atoms with van der Waals surface area (Å²) in [6.07, 6.45) is 0. The van der Waals surface area contributed by atoms with Gasteiger partial charge in [-0.15, -0.1) is 0 Å². The van der Waals surface area contributed by atoms with Gasteiger partial charge in [0.1, 0.15) is 0 Å². The summed E-state index contributed by atoms with van der Waals surface area (Å²) < 4.78 is 5.36. The maximum absolute atomic E-state index is 5.36. The van der Waals surface area contributed by atoms with Crippen LogP contribution in [0.3, 0.4) is 0 Å². The Kier molecular flexibility index (Phi) is 4.08. The fourth-order valence-corrected chi connectivity index (χ4v) is 11.2. The summed E-state index contributed by atoms with van der Waals surface area (Å²) in [5, 5.41) is 2.85. The number of hydrogen-bond donors (Lipinski definition) is 0. The zero-order valence-electron chi connectivity index (χ0n) is 12.2. The molecule has 100 valence electrons. The number of hydrogen-bond acceptors (Lipinski definition) is 0. The Bertz CT molecular complexity index is 471. The Hall–Kier alpha value is -1.17. The van der Waals surface area contributed by atoms with Crippen molar-refractivity contribution in [3.63, 3.8) is 0 Å². The van der Waals surface area contributed by atoms with Gasteiger partial charge in [0.25, 0.3) is 0 Å². The third-order valence-electron chi connectivity index (χ3n) is 3.52. The molecule has 1 nitrogen and oxygen atoms in total. The van der Waals surface area contributed by atoms with Gasteiger partial charge >= 0.3 is 0 Å². The second-order valence-corrected chi connectivity index (χ2v) is 14.2. The van der Waals surface area contributed by atoms with Crippen LogP contribution in [0.4, 0.5) is 0 Å². The van der Waals surface area contributed by atoms with Crippen LogP contribution in [0.5, 0.6) is 0 Å². The quantitative estimate of drug-likeness (QED) is 0.762. The first kappa shape index (κ1) is 14.2. The highest BCUT2D eigenvalue weighted by Crippen LogP contribution is 2.21. The largest absolute Gasteiger partial charge is 0.660 e. The Labute approximate surface area is 118 Å². The molecule has 0 spiro atoms. The fourth-order valence-electron chi connectivity index (χ4n) is 2.52. The zero-order valence-corrected chi connectivity index (χ0v) is 14.2. The van der Waals surface area contributed by atoms with Crippen molar-refractivity contribution in [3.05, 3.63) is 65.3 Å². The Morgan fingerprint density at radius 2 is 0.895 bits per heavy atom. The first-order chi connectivity index (χ1) is 8.92. The summed E-state index contributed by atoms with van der Waals surface area (Å²) in [4.78, 5) is 0. The fraction of sp³-hybridized carbons (Fsp3) is 0.250. The lowest BCUT2D eigenvalue weighted by Gasteiger charge is -2.50. The van der Waals surface area contributed by atoms with Crippen LogP contribution < -0.4 is 10.4 Å². The van der Waals surface area contributed by atoms with E-state index in [9.17, 15) is 0 Å². The molecule has 0 aromatic heterocycles. The average Bonchev–Trinajstić information content (AvgIpc) is 2.40. The summed E-state index contributed by atoms with van der Waals surface area (Å²) in [6.45, 7) is 9.39. The summed E-state index contributed by atoms with van der Waals surface area (Å²) in [5.41, 5.74) is 0. The Morgan fingerprint density at radius 3 is 1.21 bits per heavy atom. The third kappa shape index (κ3) is 3.44. The predicted molar refractivity (Wildman–Crippen MR) is 90.5 cm³/mol. The summed E-state index contributed by atoms with van der Waals surface area (Å²) in [5.74, 6) is 0. The second-order valence-electron chi connectivity index (χ2n) is 5.96. The molecular weight excluding hydrogens is 262 g/mol. The number of rotatable bonds is 4. The molecule has 0 unspecified atom stereocenters. The van der Waals surface area contributed by atoms with E-state index in [2.05, 4.69) is 86.9 Å². The molecule has 0 atom stereocenters. The van der Waals surface area contributed by atoms with E-state index in [4.69, 9.17) is 4.65 Å². The van der Waals surface area contributed by atoms with Crippen molar-refractivity contribution in [2.75, 3.05) is 0 Å². The minimum atomic E-state index is -1.71. The van der Waals surface area contributed by atoms with Crippen LogP contribution in [0.25, 0.3) is 4.65 Å². The molecule has 0 aliphatic heterocycles. The van der Waals surface area contributed by atoms with E-state index < -0.39 is 16.5 Å². The molecule has 0 fully saturated rings. The predicted octanol–water partition coefficient (Wildman–Crippen LogP) is 3.58. The van der Waals surface area contributed by atoms with Crippen LogP contribution >= 0.6 is 0 Å². The molecule has 0 N–H and O–H groups in total. The highest BCUT2D eigenvalue weighted by Gasteiger charge is 2.20. The molecule has 0 heterocycles. The molecular formula is C16H22NSi2-. The molecule has 0 aliphatic rings. The molecule has 3 heteroatoms. The van der Waals surface area contributed by atoms with Crippen molar-refractivity contribution in [1.29, 1.82) is 0 Å². The maximum Gasteiger partial charge on any atom is -0.0311 e. The topological polar surface area (TPSA) is 14.1 Å². The molecule has 2 aromatic rings. The summed E-state index contributed by atoms with van der Waals surface area (Å²) in [7, 11) is -3.42. The van der Waals surface area contributed by atoms with Crippen molar-refractivity contribution >= 4 is 26.8 Å². The average molecular weight is 285 g/mol. The molecule has 2 aromatic carbocycles. The van der Waals surface area contributed by atoms with Gasteiger partial charge in [-0.25, -0.2) is 0 Å². The van der Waals surface area contributed by atoms with Gasteiger partial charge in [-0.2, -0.15) is 0 Å². The van der Waals surface area contributed by atoms with Crippen molar-refractivity contribution in [3.8, 4) is 0 Å². The van der Waals surface area contributed by atoms with Gasteiger partial charge in [0.15, 0.2) is 0 Å². The highest BCUT2D eigenvalue weighted by atomic mass is 28.4. The number of nitrogens with zero attached hydrogens (tertiary/aromatic N) is 1. The first-order valence-corrected chi connectivity index (χ1v) is 12.7. The number of benzene rings is 2. The Morgan fingerprint density at radius 1 is 0.579 bits per heavy atom. The van der Waals surface area contributed by atoms with Gasteiger partial charge in [-0.1, -0.05) is 97.2 Å². The van der Waals surface area contributed by atoms with E-state index in [-0.39, 0.29) is 0 Å². The molecule has 19 heavy (non-hydrogen) atoms. The van der Waals surface area contributed by atoms with Crippen molar-refractivity contribution in [2.24, 2.45) is 0 Å². The Balaban J connectivity index is 2.25. The van der Waals surface area contributed by atoms with Crippen LogP contribution in [0.2, 0.25) is 26.2 Å². The first-order valence-electron chi connectivity index (χ1n) is 6.77. The minimum Gasteiger partial charge on any atom is -0.660 e. The molecule has 0 aliphatic carbocycles. The second kappa shape index (κ2) is 5.45. The van der Waals surface area contributed by atoms with Crippen molar-refractivity contribution in [1.82, 2.24) is 0 Å². The SMILES string of the molecule is C[Si](C)([N-][Si](C)(C)c1ccccc1)c1ccccc1. The molecule has 2 rings (SSSR count). The molecule has 0 saturated heterocycles. The molecule has 0 amide bonds. The van der Waals surface area contributed by atoms with Crippen molar-refractivity contribution in [2.45, 2.75) is 26.2 Å². The normalized spacial score (nSPS) is 12.4.